The fourth-order valence-electron chi connectivity index (χ4n) is 1.00. The van der Waals surface area contributed by atoms with Gasteiger partial charge in [-0.25, -0.2) is 0 Å². The van der Waals surface area contributed by atoms with Crippen molar-refractivity contribution in [1.29, 1.82) is 0 Å². The number of hydrogen-bond donors (Lipinski definition) is 1. The van der Waals surface area contributed by atoms with Gasteiger partial charge in [-0.3, -0.25) is 10.1 Å². The van der Waals surface area contributed by atoms with Crippen molar-refractivity contribution in [2.45, 2.75) is 26.2 Å². The third kappa shape index (κ3) is 6.17. The van der Waals surface area contributed by atoms with Crippen LogP contribution in [0, 0.1) is 0 Å². The summed E-state index contributed by atoms with van der Waals surface area (Å²) in [6, 6.07) is 0. The highest BCUT2D eigenvalue weighted by molar-refractivity contribution is 6.32. The molecule has 0 aliphatic rings. The molecule has 0 aromatic carbocycles. The Morgan fingerprint density at radius 3 is 2.31 bits per heavy atom. The molecule has 0 aromatic heterocycles. The van der Waals surface area contributed by atoms with Crippen LogP contribution in [0.2, 0.25) is 0 Å². The number of hydrazine groups is 1. The molecule has 80 valence electrons. The number of methoxy groups -OCH3 is 2. The zero-order valence-electron chi connectivity index (χ0n) is 9.17. The van der Waals surface area contributed by atoms with Crippen LogP contribution in [0.5, 0.6) is 0 Å². The summed E-state index contributed by atoms with van der Waals surface area (Å²) in [5, 5.41) is 0. The van der Waals surface area contributed by atoms with E-state index in [1.807, 2.05) is 0 Å². The predicted octanol–water partition coefficient (Wildman–Crippen LogP) is -0.117. The Bertz CT molecular complexity index is 112. The molecule has 1 N–H and O–H groups in total. The van der Waals surface area contributed by atoms with Crippen LogP contribution in [0.25, 0.3) is 0 Å². The predicted molar refractivity (Wildman–Crippen MR) is 57.0 cm³/mol. The van der Waals surface area contributed by atoms with E-state index in [2.05, 4.69) is 23.9 Å². The highest BCUT2D eigenvalue weighted by atomic mass is 28.2. The lowest BCUT2D eigenvalue weighted by Gasteiger charge is -2.24. The van der Waals surface area contributed by atoms with Gasteiger partial charge in [-0.05, 0) is 6.42 Å². The van der Waals surface area contributed by atoms with Crippen LogP contribution in [0.3, 0.4) is 0 Å². The van der Waals surface area contributed by atoms with E-state index in [1.54, 1.807) is 14.2 Å². The number of rotatable bonds is 8. The van der Waals surface area contributed by atoms with Gasteiger partial charge in [0.2, 0.25) is 0 Å². The van der Waals surface area contributed by atoms with Crippen molar-refractivity contribution >= 4 is 9.68 Å². The van der Waals surface area contributed by atoms with Crippen molar-refractivity contribution in [1.82, 2.24) is 10.1 Å². The van der Waals surface area contributed by atoms with Gasteiger partial charge in [0, 0.05) is 27.3 Å². The second-order valence-electron chi connectivity index (χ2n) is 2.85. The van der Waals surface area contributed by atoms with Crippen molar-refractivity contribution in [3.05, 3.63) is 0 Å². The van der Waals surface area contributed by atoms with E-state index in [9.17, 15) is 0 Å². The minimum Gasteiger partial charge on any atom is -0.359 e. The summed E-state index contributed by atoms with van der Waals surface area (Å²) in [6.07, 6.45) is 1.15. The summed E-state index contributed by atoms with van der Waals surface area (Å²) < 4.78 is 12.6. The maximum absolute atomic E-state index is 5.17. The lowest BCUT2D eigenvalue weighted by Crippen LogP contribution is -2.46. The number of hydrogen-bond acceptors (Lipinski definition) is 4. The normalized spacial score (nSPS) is 12.5. The first-order valence-corrected chi connectivity index (χ1v) is 6.27. The Labute approximate surface area is 83.5 Å². The molecule has 0 bridgehead atoms. The van der Waals surface area contributed by atoms with Crippen LogP contribution < -0.4 is 5.43 Å². The Hall–Kier alpha value is 0.0569. The van der Waals surface area contributed by atoms with E-state index >= 15 is 0 Å². The maximum atomic E-state index is 5.17. The molecule has 0 saturated carbocycles. The summed E-state index contributed by atoms with van der Waals surface area (Å²) >= 11 is 0. The highest BCUT2D eigenvalue weighted by Gasteiger charge is 2.11. The Morgan fingerprint density at radius 2 is 1.92 bits per heavy atom. The summed E-state index contributed by atoms with van der Waals surface area (Å²) in [6.45, 7) is 6.33. The van der Waals surface area contributed by atoms with Crippen LogP contribution in [0.4, 0.5) is 0 Å². The molecule has 0 unspecified atom stereocenters. The molecule has 0 aliphatic heterocycles. The molecular weight excluding hydrogens is 184 g/mol. The monoisotopic (exact) mass is 206 g/mol. The highest BCUT2D eigenvalue weighted by Crippen LogP contribution is 1.91. The minimum absolute atomic E-state index is 0.00990. The molecule has 4 nitrogen and oxygen atoms in total. The van der Waals surface area contributed by atoms with Gasteiger partial charge < -0.3 is 9.47 Å². The third-order valence-electron chi connectivity index (χ3n) is 1.86. The first kappa shape index (κ1) is 13.1. The molecule has 0 aromatic rings. The zero-order valence-corrected chi connectivity index (χ0v) is 10.6. The number of ether oxygens (including phenoxy) is 2. The molecule has 0 rings (SSSR count). The number of nitrogens with zero attached hydrogens (tertiary/aromatic N) is 1. The van der Waals surface area contributed by atoms with Gasteiger partial charge in [0.05, 0.1) is 0 Å². The molecule has 0 radical (unpaired) electrons. The fraction of sp³-hybridized carbons (Fsp3) is 1.00. The number of nitrogens with one attached hydrogen (secondary N) is 1. The van der Waals surface area contributed by atoms with Gasteiger partial charge in [-0.1, -0.05) is 13.8 Å². The van der Waals surface area contributed by atoms with Crippen molar-refractivity contribution in [3.8, 4) is 0 Å². The van der Waals surface area contributed by atoms with E-state index in [1.165, 1.54) is 0 Å². The van der Waals surface area contributed by atoms with Gasteiger partial charge >= 0.3 is 0 Å². The molecule has 0 heterocycles. The first-order valence-electron chi connectivity index (χ1n) is 4.82. The molecule has 0 aliphatic carbocycles. The van der Waals surface area contributed by atoms with E-state index in [0.29, 0.717) is 0 Å². The van der Waals surface area contributed by atoms with Gasteiger partial charge in [0.25, 0.3) is 0 Å². The Kier molecular flexibility index (Phi) is 8.68. The van der Waals surface area contributed by atoms with E-state index < -0.39 is 9.68 Å². The maximum Gasteiger partial charge on any atom is 0.179 e. The van der Waals surface area contributed by atoms with Crippen LogP contribution in [0.1, 0.15) is 20.3 Å². The molecule has 13 heavy (non-hydrogen) atoms. The molecule has 0 fully saturated rings. The van der Waals surface area contributed by atoms with Crippen molar-refractivity contribution in [3.63, 3.8) is 0 Å². The average Bonchev–Trinajstić information content (AvgIpc) is 2.19. The topological polar surface area (TPSA) is 33.7 Å². The van der Waals surface area contributed by atoms with Gasteiger partial charge in [-0.15, -0.1) is 0 Å². The molecule has 0 atom stereocenters. The largest absolute Gasteiger partial charge is 0.359 e. The van der Waals surface area contributed by atoms with Crippen molar-refractivity contribution in [2.75, 3.05) is 27.3 Å². The van der Waals surface area contributed by atoms with Gasteiger partial charge in [-0.2, -0.15) is 0 Å². The average molecular weight is 206 g/mol. The fourth-order valence-corrected chi connectivity index (χ4v) is 2.20. The van der Waals surface area contributed by atoms with E-state index in [4.69, 9.17) is 9.47 Å². The van der Waals surface area contributed by atoms with Crippen LogP contribution in [0.15, 0.2) is 0 Å². The summed E-state index contributed by atoms with van der Waals surface area (Å²) in [4.78, 5) is 0. The summed E-state index contributed by atoms with van der Waals surface area (Å²) in [7, 11) is 2.88. The second kappa shape index (κ2) is 8.65. The van der Waals surface area contributed by atoms with Gasteiger partial charge in [0.15, 0.2) is 15.6 Å². The standard InChI is InChI=1S/C8H22N2O2Si/c1-5-7-9-10(6-2)13-8(11-3)12-4/h8-9H,5-7,13H2,1-4H3. The quantitative estimate of drug-likeness (QED) is 0.341. The third-order valence-corrected chi connectivity index (χ3v) is 3.94. The second-order valence-corrected chi connectivity index (χ2v) is 4.64. The van der Waals surface area contributed by atoms with Crippen molar-refractivity contribution < 1.29 is 9.47 Å². The molecule has 0 amide bonds. The molecule has 0 spiro atoms. The van der Waals surface area contributed by atoms with E-state index in [-0.39, 0.29) is 5.91 Å². The van der Waals surface area contributed by atoms with Crippen LogP contribution >= 0.6 is 0 Å². The molecular formula is C8H22N2O2Si. The lowest BCUT2D eigenvalue weighted by atomic mass is 10.5. The molecule has 5 heteroatoms. The summed E-state index contributed by atoms with van der Waals surface area (Å²) in [5.74, 6) is -0.00990. The zero-order chi connectivity index (χ0) is 10.1. The molecule has 0 saturated heterocycles. The van der Waals surface area contributed by atoms with Crippen LogP contribution in [-0.4, -0.2) is 47.6 Å². The van der Waals surface area contributed by atoms with E-state index in [0.717, 1.165) is 19.5 Å². The lowest BCUT2D eigenvalue weighted by molar-refractivity contribution is -0.0494. The Morgan fingerprint density at radius 1 is 1.31 bits per heavy atom. The van der Waals surface area contributed by atoms with Crippen molar-refractivity contribution in [2.24, 2.45) is 0 Å². The first-order chi connectivity index (χ1) is 6.28. The van der Waals surface area contributed by atoms with Crippen LogP contribution in [-0.2, 0) is 9.47 Å². The minimum atomic E-state index is -0.503. The smallest absolute Gasteiger partial charge is 0.179 e. The van der Waals surface area contributed by atoms with Gasteiger partial charge in [0.1, 0.15) is 0 Å². The Balaban J connectivity index is 3.67. The SMILES string of the molecule is CCCNN(CC)[SiH2]C(OC)OC. The summed E-state index contributed by atoms with van der Waals surface area (Å²) in [5.41, 5.74) is 3.35.